The van der Waals surface area contributed by atoms with Gasteiger partial charge in [-0.3, -0.25) is 9.79 Å². The average Bonchev–Trinajstić information content (AvgIpc) is 2.96. The molecular formula is C21H27N3O. The Balaban J connectivity index is 1.58. The van der Waals surface area contributed by atoms with Crippen LogP contribution in [-0.2, 0) is 4.79 Å². The molecule has 2 atom stereocenters. The zero-order chi connectivity index (χ0) is 17.6. The quantitative estimate of drug-likeness (QED) is 0.583. The van der Waals surface area contributed by atoms with Gasteiger partial charge in [-0.25, -0.2) is 0 Å². The number of amides is 1. The predicted octanol–water partition coefficient (Wildman–Crippen LogP) is 3.33. The summed E-state index contributed by atoms with van der Waals surface area (Å²) in [6.45, 7) is 10.9. The highest BCUT2D eigenvalue weighted by Crippen LogP contribution is 2.26. The molecule has 1 saturated heterocycles. The molecular weight excluding hydrogens is 310 g/mol. The highest BCUT2D eigenvalue weighted by Gasteiger charge is 2.27. The summed E-state index contributed by atoms with van der Waals surface area (Å²) in [5.41, 5.74) is 2.04. The number of carbonyl (C=O) groups is 1. The second-order valence-corrected chi connectivity index (χ2v) is 6.78. The molecule has 1 fully saturated rings. The van der Waals surface area contributed by atoms with Crippen molar-refractivity contribution in [1.82, 2.24) is 9.80 Å². The van der Waals surface area contributed by atoms with Gasteiger partial charge in [0.2, 0.25) is 5.91 Å². The fourth-order valence-corrected chi connectivity index (χ4v) is 3.57. The molecule has 1 aliphatic heterocycles. The molecule has 0 aromatic heterocycles. The first kappa shape index (κ1) is 17.5. The first-order chi connectivity index (χ1) is 12.2. The van der Waals surface area contributed by atoms with Crippen LogP contribution < -0.4 is 0 Å². The summed E-state index contributed by atoms with van der Waals surface area (Å²) in [7, 11) is 0. The molecule has 0 radical (unpaired) electrons. The molecule has 4 nitrogen and oxygen atoms in total. The van der Waals surface area contributed by atoms with Gasteiger partial charge in [0.15, 0.2) is 0 Å². The van der Waals surface area contributed by atoms with Crippen LogP contribution in [0.15, 0.2) is 65.5 Å². The Kier molecular flexibility index (Phi) is 5.69. The Morgan fingerprint density at radius 1 is 1.04 bits per heavy atom. The minimum atomic E-state index is 0.00506. The highest BCUT2D eigenvalue weighted by molar-refractivity contribution is 5.81. The van der Waals surface area contributed by atoms with E-state index in [4.69, 9.17) is 0 Å². The molecule has 1 heterocycles. The van der Waals surface area contributed by atoms with Crippen LogP contribution in [0.4, 0.5) is 0 Å². The van der Waals surface area contributed by atoms with Crippen LogP contribution in [0.2, 0.25) is 0 Å². The Morgan fingerprint density at radius 3 is 2.56 bits per heavy atom. The maximum absolute atomic E-state index is 12.7. The van der Waals surface area contributed by atoms with Gasteiger partial charge in [0.25, 0.3) is 0 Å². The number of hydrogen-bond acceptors (Lipinski definition) is 3. The van der Waals surface area contributed by atoms with E-state index >= 15 is 0 Å². The highest BCUT2D eigenvalue weighted by atomic mass is 16.2. The van der Waals surface area contributed by atoms with Crippen molar-refractivity contribution in [2.45, 2.75) is 19.3 Å². The molecule has 2 aliphatic carbocycles. The molecule has 0 aromatic rings. The summed E-state index contributed by atoms with van der Waals surface area (Å²) >= 11 is 0. The van der Waals surface area contributed by atoms with Gasteiger partial charge in [-0.1, -0.05) is 43.0 Å². The van der Waals surface area contributed by atoms with E-state index in [-0.39, 0.29) is 17.7 Å². The predicted molar refractivity (Wildman–Crippen MR) is 103 cm³/mol. The van der Waals surface area contributed by atoms with Crippen LogP contribution in [0, 0.1) is 11.8 Å². The maximum atomic E-state index is 12.7. The van der Waals surface area contributed by atoms with E-state index in [2.05, 4.69) is 65.7 Å². The maximum Gasteiger partial charge on any atom is 0.229 e. The Morgan fingerprint density at radius 2 is 1.80 bits per heavy atom. The smallest absolute Gasteiger partial charge is 0.229 e. The van der Waals surface area contributed by atoms with Gasteiger partial charge in [0.1, 0.15) is 0 Å². The summed E-state index contributed by atoms with van der Waals surface area (Å²) in [5.74, 6) is 0.503. The lowest BCUT2D eigenvalue weighted by molar-refractivity contribution is -0.135. The van der Waals surface area contributed by atoms with Crippen molar-refractivity contribution in [2.24, 2.45) is 16.8 Å². The molecule has 4 heteroatoms. The normalized spacial score (nSPS) is 26.2. The van der Waals surface area contributed by atoms with Crippen LogP contribution >= 0.6 is 0 Å². The number of piperazine rings is 1. The number of rotatable bonds is 4. The number of nitrogens with zero attached hydrogens (tertiary/aromatic N) is 3. The van der Waals surface area contributed by atoms with Gasteiger partial charge in [-0.2, -0.15) is 0 Å². The van der Waals surface area contributed by atoms with Crippen LogP contribution in [-0.4, -0.2) is 48.6 Å². The largest absolute Gasteiger partial charge is 0.368 e. The summed E-state index contributed by atoms with van der Waals surface area (Å²) in [5, 5.41) is 0. The fourth-order valence-electron chi connectivity index (χ4n) is 3.57. The lowest BCUT2D eigenvalue weighted by Crippen LogP contribution is -2.49. The van der Waals surface area contributed by atoms with Gasteiger partial charge in [-0.05, 0) is 32.1 Å². The van der Waals surface area contributed by atoms with Crippen LogP contribution in [0.1, 0.15) is 19.3 Å². The lowest BCUT2D eigenvalue weighted by atomic mass is 9.96. The van der Waals surface area contributed by atoms with Gasteiger partial charge in [0.05, 0.1) is 5.92 Å². The molecule has 1 amide bonds. The van der Waals surface area contributed by atoms with Crippen molar-refractivity contribution < 1.29 is 4.79 Å². The van der Waals surface area contributed by atoms with Crippen molar-refractivity contribution in [2.75, 3.05) is 26.2 Å². The van der Waals surface area contributed by atoms with Crippen LogP contribution in [0.5, 0.6) is 0 Å². The fraction of sp³-hybridized carbons (Fsp3) is 0.429. The van der Waals surface area contributed by atoms with Gasteiger partial charge in [0, 0.05) is 43.5 Å². The minimum absolute atomic E-state index is 0.00506. The van der Waals surface area contributed by atoms with E-state index in [0.29, 0.717) is 0 Å². The Bertz CT molecular complexity index is 648. The molecule has 2 unspecified atom stereocenters. The van der Waals surface area contributed by atoms with Gasteiger partial charge in [-0.15, -0.1) is 0 Å². The standard InChI is InChI=1S/C21H27N3O/c1-17(22-2)19-10-7-11-20(16-19)23-12-14-24(15-13-23)21(25)18-8-5-3-4-6-9-18/h3,5-7,9,11,16,18-19H,1-2,4,8,10,12-15H2. The SMILES string of the molecule is C=NC(=C)C1C=C(N2CCN(C(=O)C3C=CCC=CC3)CC2)C=CC1. The van der Waals surface area contributed by atoms with E-state index in [1.165, 1.54) is 5.70 Å². The molecule has 0 spiro atoms. The van der Waals surface area contributed by atoms with E-state index < -0.39 is 0 Å². The Labute approximate surface area is 150 Å². The molecule has 3 aliphatic rings. The second kappa shape index (κ2) is 8.15. The zero-order valence-corrected chi connectivity index (χ0v) is 14.8. The topological polar surface area (TPSA) is 35.9 Å². The van der Waals surface area contributed by atoms with Crippen LogP contribution in [0.25, 0.3) is 0 Å². The molecule has 132 valence electrons. The van der Waals surface area contributed by atoms with Crippen molar-refractivity contribution in [3.8, 4) is 0 Å². The summed E-state index contributed by atoms with van der Waals surface area (Å²) in [4.78, 5) is 21.1. The lowest BCUT2D eigenvalue weighted by Gasteiger charge is -2.38. The second-order valence-electron chi connectivity index (χ2n) is 6.78. The zero-order valence-electron chi connectivity index (χ0n) is 14.8. The minimum Gasteiger partial charge on any atom is -0.368 e. The molecule has 0 aromatic carbocycles. The van der Waals surface area contributed by atoms with Crippen LogP contribution in [0.3, 0.4) is 0 Å². The molecule has 0 bridgehead atoms. The number of aliphatic imine (C=N–C) groups is 1. The number of allylic oxidation sites excluding steroid dienone is 6. The number of carbonyl (C=O) groups excluding carboxylic acids is 1. The van der Waals surface area contributed by atoms with Crippen molar-refractivity contribution in [3.63, 3.8) is 0 Å². The van der Waals surface area contributed by atoms with Crippen molar-refractivity contribution >= 4 is 12.6 Å². The van der Waals surface area contributed by atoms with E-state index in [1.807, 2.05) is 4.90 Å². The third-order valence-corrected chi connectivity index (χ3v) is 5.15. The first-order valence-corrected chi connectivity index (χ1v) is 9.08. The third-order valence-electron chi connectivity index (χ3n) is 5.15. The van der Waals surface area contributed by atoms with E-state index in [9.17, 15) is 4.79 Å². The van der Waals surface area contributed by atoms with Crippen molar-refractivity contribution in [1.29, 1.82) is 0 Å². The molecule has 0 N–H and O–H groups in total. The third kappa shape index (κ3) is 4.19. The number of hydrogen-bond donors (Lipinski definition) is 0. The summed E-state index contributed by atoms with van der Waals surface area (Å²) < 4.78 is 0. The van der Waals surface area contributed by atoms with E-state index in [0.717, 1.165) is 51.1 Å². The van der Waals surface area contributed by atoms with Crippen molar-refractivity contribution in [3.05, 3.63) is 60.5 Å². The average molecular weight is 337 g/mol. The van der Waals surface area contributed by atoms with E-state index in [1.54, 1.807) is 0 Å². The molecule has 25 heavy (non-hydrogen) atoms. The first-order valence-electron chi connectivity index (χ1n) is 9.08. The van der Waals surface area contributed by atoms with Gasteiger partial charge >= 0.3 is 0 Å². The molecule has 3 rings (SSSR count). The monoisotopic (exact) mass is 337 g/mol. The summed E-state index contributed by atoms with van der Waals surface area (Å²) in [6, 6.07) is 0. The van der Waals surface area contributed by atoms with Gasteiger partial charge < -0.3 is 9.80 Å². The molecule has 0 saturated carbocycles. The Hall–Kier alpha value is -2.36. The summed E-state index contributed by atoms with van der Waals surface area (Å²) in [6.07, 6.45) is 17.7.